The zero-order valence-electron chi connectivity index (χ0n) is 19.5. The van der Waals surface area contributed by atoms with Gasteiger partial charge in [-0.05, 0) is 53.4 Å². The summed E-state index contributed by atoms with van der Waals surface area (Å²) >= 11 is 3.38. The number of sulfonamides is 1. The van der Waals surface area contributed by atoms with Gasteiger partial charge in [0.2, 0.25) is 21.8 Å². The summed E-state index contributed by atoms with van der Waals surface area (Å²) in [5, 5.41) is 2.87. The van der Waals surface area contributed by atoms with Gasteiger partial charge in [-0.25, -0.2) is 8.42 Å². The van der Waals surface area contributed by atoms with Crippen molar-refractivity contribution in [3.05, 3.63) is 64.1 Å². The van der Waals surface area contributed by atoms with Crippen LogP contribution in [0.15, 0.2) is 53.0 Å². The minimum atomic E-state index is -3.76. The molecule has 2 rings (SSSR count). The Balaban J connectivity index is 2.44. The molecule has 33 heavy (non-hydrogen) atoms. The fourth-order valence-corrected chi connectivity index (χ4v) is 5.02. The topological polar surface area (TPSA) is 86.8 Å². The van der Waals surface area contributed by atoms with Crippen molar-refractivity contribution in [1.29, 1.82) is 0 Å². The van der Waals surface area contributed by atoms with Gasteiger partial charge in [-0.3, -0.25) is 13.9 Å². The Hall–Kier alpha value is -2.39. The predicted molar refractivity (Wildman–Crippen MR) is 135 cm³/mol. The largest absolute Gasteiger partial charge is 0.354 e. The number of nitrogens with one attached hydrogen (secondary N) is 1. The molecule has 0 aromatic heterocycles. The molecule has 0 fully saturated rings. The number of carbonyl (C=O) groups is 2. The number of amides is 2. The van der Waals surface area contributed by atoms with Crippen LogP contribution in [0.25, 0.3) is 0 Å². The van der Waals surface area contributed by atoms with Crippen molar-refractivity contribution >= 4 is 43.5 Å². The molecule has 7 nitrogen and oxygen atoms in total. The van der Waals surface area contributed by atoms with Gasteiger partial charge in [0, 0.05) is 17.6 Å². The van der Waals surface area contributed by atoms with Crippen LogP contribution in [0.1, 0.15) is 37.8 Å². The summed E-state index contributed by atoms with van der Waals surface area (Å²) in [6.45, 7) is 6.05. The summed E-state index contributed by atoms with van der Waals surface area (Å²) in [7, 11) is -3.76. The maximum Gasteiger partial charge on any atom is 0.244 e. The molecule has 0 bridgehead atoms. The highest BCUT2D eigenvalue weighted by atomic mass is 79.9. The molecule has 0 saturated heterocycles. The Morgan fingerprint density at radius 3 is 2.36 bits per heavy atom. The first-order valence-electron chi connectivity index (χ1n) is 10.9. The second-order valence-electron chi connectivity index (χ2n) is 7.95. The Labute approximate surface area is 205 Å². The molecule has 0 radical (unpaired) electrons. The van der Waals surface area contributed by atoms with Crippen LogP contribution in [0.4, 0.5) is 5.69 Å². The molecule has 9 heteroatoms. The van der Waals surface area contributed by atoms with E-state index in [4.69, 9.17) is 0 Å². The van der Waals surface area contributed by atoms with E-state index < -0.39 is 28.5 Å². The van der Waals surface area contributed by atoms with Crippen LogP contribution in [0, 0.1) is 6.92 Å². The van der Waals surface area contributed by atoms with Crippen LogP contribution in [-0.2, 0) is 26.2 Å². The van der Waals surface area contributed by atoms with Crippen molar-refractivity contribution in [3.8, 4) is 0 Å². The molecule has 180 valence electrons. The third kappa shape index (κ3) is 7.57. The van der Waals surface area contributed by atoms with Crippen LogP contribution in [0.3, 0.4) is 0 Å². The molecule has 0 aliphatic heterocycles. The quantitative estimate of drug-likeness (QED) is 0.471. The van der Waals surface area contributed by atoms with Crippen molar-refractivity contribution < 1.29 is 18.0 Å². The van der Waals surface area contributed by atoms with Crippen molar-refractivity contribution in [2.24, 2.45) is 0 Å². The van der Waals surface area contributed by atoms with E-state index in [0.29, 0.717) is 23.1 Å². The number of para-hydroxylation sites is 1. The molecule has 0 spiro atoms. The predicted octanol–water partition coefficient (Wildman–Crippen LogP) is 3.86. The molecule has 2 aromatic carbocycles. The number of aryl methyl sites for hydroxylation is 1. The van der Waals surface area contributed by atoms with E-state index in [1.807, 2.05) is 45.0 Å². The normalized spacial score (nSPS) is 12.2. The number of hydrogen-bond acceptors (Lipinski definition) is 4. The van der Waals surface area contributed by atoms with Crippen LogP contribution < -0.4 is 9.62 Å². The smallest absolute Gasteiger partial charge is 0.244 e. The second kappa shape index (κ2) is 12.2. The van der Waals surface area contributed by atoms with E-state index in [2.05, 4.69) is 21.2 Å². The van der Waals surface area contributed by atoms with Crippen LogP contribution in [0.2, 0.25) is 0 Å². The maximum absolute atomic E-state index is 13.6. The fraction of sp³-hybridized carbons (Fsp3) is 0.417. The monoisotopic (exact) mass is 537 g/mol. The molecule has 0 saturated carbocycles. The van der Waals surface area contributed by atoms with Crippen molar-refractivity contribution in [3.63, 3.8) is 0 Å². The van der Waals surface area contributed by atoms with E-state index in [0.717, 1.165) is 28.1 Å². The number of halogens is 1. The second-order valence-corrected chi connectivity index (χ2v) is 10.7. The number of rotatable bonds is 11. The molecular weight excluding hydrogens is 506 g/mol. The number of hydrogen-bond donors (Lipinski definition) is 1. The van der Waals surface area contributed by atoms with Gasteiger partial charge < -0.3 is 10.2 Å². The van der Waals surface area contributed by atoms with E-state index in [-0.39, 0.29) is 12.5 Å². The fourth-order valence-electron chi connectivity index (χ4n) is 3.54. The highest BCUT2D eigenvalue weighted by molar-refractivity contribution is 9.10. The Kier molecular flexibility index (Phi) is 9.91. The third-order valence-corrected chi connectivity index (χ3v) is 6.97. The Morgan fingerprint density at radius 1 is 1.09 bits per heavy atom. The third-order valence-electron chi connectivity index (χ3n) is 5.17. The highest BCUT2D eigenvalue weighted by Crippen LogP contribution is 2.28. The first-order valence-corrected chi connectivity index (χ1v) is 13.6. The average Bonchev–Trinajstić information content (AvgIpc) is 2.75. The number of anilines is 1. The Morgan fingerprint density at radius 2 is 1.79 bits per heavy atom. The summed E-state index contributed by atoms with van der Waals surface area (Å²) < 4.78 is 26.9. The number of carbonyl (C=O) groups excluding carboxylic acids is 2. The van der Waals surface area contributed by atoms with Gasteiger partial charge in [0.15, 0.2) is 0 Å². The molecule has 0 aliphatic rings. The highest BCUT2D eigenvalue weighted by Gasteiger charge is 2.32. The summed E-state index contributed by atoms with van der Waals surface area (Å²) in [6.07, 6.45) is 2.24. The molecule has 0 heterocycles. The molecule has 2 amide bonds. The van der Waals surface area contributed by atoms with E-state index in [1.165, 1.54) is 4.90 Å². The first kappa shape index (κ1) is 26.9. The lowest BCUT2D eigenvalue weighted by molar-refractivity contribution is -0.140. The van der Waals surface area contributed by atoms with E-state index in [9.17, 15) is 18.0 Å². The standard InChI is InChI=1S/C24H32BrN3O4S/c1-5-14-26-24(30)21(6-2)27(16-19-11-9-10-18(3)15-19)23(29)17-28(33(4,31)32)22-13-8-7-12-20(22)25/h7-13,15,21H,5-6,14,16-17H2,1-4H3,(H,26,30). The SMILES string of the molecule is CCCNC(=O)C(CC)N(Cc1cccc(C)c1)C(=O)CN(c1ccccc1Br)S(C)(=O)=O. The summed E-state index contributed by atoms with van der Waals surface area (Å²) in [4.78, 5) is 28.0. The van der Waals surface area contributed by atoms with Crippen LogP contribution in [0.5, 0.6) is 0 Å². The van der Waals surface area contributed by atoms with Crippen molar-refractivity contribution in [2.75, 3.05) is 23.7 Å². The van der Waals surface area contributed by atoms with Gasteiger partial charge in [0.25, 0.3) is 0 Å². The van der Waals surface area contributed by atoms with Crippen molar-refractivity contribution in [2.45, 2.75) is 46.2 Å². The molecular formula is C24H32BrN3O4S. The van der Waals surface area contributed by atoms with Gasteiger partial charge in [-0.2, -0.15) is 0 Å². The van der Waals surface area contributed by atoms with Gasteiger partial charge in [-0.15, -0.1) is 0 Å². The van der Waals surface area contributed by atoms with Crippen LogP contribution >= 0.6 is 15.9 Å². The Bertz CT molecular complexity index is 1070. The van der Waals surface area contributed by atoms with Gasteiger partial charge in [0.1, 0.15) is 12.6 Å². The molecule has 1 unspecified atom stereocenters. The molecule has 2 aromatic rings. The molecule has 1 N–H and O–H groups in total. The maximum atomic E-state index is 13.6. The summed E-state index contributed by atoms with van der Waals surface area (Å²) in [6, 6.07) is 13.8. The zero-order chi connectivity index (χ0) is 24.6. The van der Waals surface area contributed by atoms with Gasteiger partial charge in [0.05, 0.1) is 11.9 Å². The lowest BCUT2D eigenvalue weighted by atomic mass is 10.1. The molecule has 0 aliphatic carbocycles. The number of benzene rings is 2. The lowest BCUT2D eigenvalue weighted by Gasteiger charge is -2.33. The van der Waals surface area contributed by atoms with E-state index in [1.54, 1.807) is 24.3 Å². The average molecular weight is 539 g/mol. The number of nitrogens with zero attached hydrogens (tertiary/aromatic N) is 2. The lowest BCUT2D eigenvalue weighted by Crippen LogP contribution is -2.52. The van der Waals surface area contributed by atoms with E-state index >= 15 is 0 Å². The first-order chi connectivity index (χ1) is 15.6. The molecule has 1 atom stereocenters. The zero-order valence-corrected chi connectivity index (χ0v) is 21.9. The minimum absolute atomic E-state index is 0.201. The van der Waals surface area contributed by atoms with Crippen LogP contribution in [-0.4, -0.2) is 50.5 Å². The minimum Gasteiger partial charge on any atom is -0.354 e. The van der Waals surface area contributed by atoms with Gasteiger partial charge in [-0.1, -0.05) is 55.8 Å². The van der Waals surface area contributed by atoms with Gasteiger partial charge >= 0.3 is 0 Å². The van der Waals surface area contributed by atoms with Crippen molar-refractivity contribution in [1.82, 2.24) is 10.2 Å². The summed E-state index contributed by atoms with van der Waals surface area (Å²) in [5.74, 6) is -0.691. The summed E-state index contributed by atoms with van der Waals surface area (Å²) in [5.41, 5.74) is 2.28.